The molecule has 6 nitrogen and oxygen atoms in total. The van der Waals surface area contributed by atoms with Gasteiger partial charge in [-0.3, -0.25) is 14.5 Å². The van der Waals surface area contributed by atoms with Crippen LogP contribution in [0.5, 0.6) is 0 Å². The number of aromatic nitrogens is 3. The van der Waals surface area contributed by atoms with Crippen LogP contribution in [-0.2, 0) is 6.61 Å². The number of amides is 1. The Bertz CT molecular complexity index is 642. The quantitative estimate of drug-likeness (QED) is 0.933. The minimum absolute atomic E-state index is 0.00656. The number of aliphatic hydroxyl groups excluding tert-OH is 1. The number of carbonyl (C=O) groups is 1. The van der Waals surface area contributed by atoms with E-state index in [4.69, 9.17) is 5.11 Å². The van der Waals surface area contributed by atoms with Crippen LogP contribution in [0.1, 0.15) is 40.6 Å². The Morgan fingerprint density at radius 2 is 2.09 bits per heavy atom. The molecule has 0 spiro atoms. The van der Waals surface area contributed by atoms with Crippen LogP contribution in [0.4, 0.5) is 0 Å². The molecule has 0 radical (unpaired) electrons. The predicted molar refractivity (Wildman–Crippen MR) is 81.3 cm³/mol. The highest BCUT2D eigenvalue weighted by molar-refractivity contribution is 5.93. The van der Waals surface area contributed by atoms with Crippen molar-refractivity contribution in [3.05, 3.63) is 47.5 Å². The molecule has 0 atom stereocenters. The fourth-order valence-corrected chi connectivity index (χ4v) is 2.80. The molecular formula is C16H20N4O2. The van der Waals surface area contributed by atoms with Gasteiger partial charge in [-0.05, 0) is 38.0 Å². The van der Waals surface area contributed by atoms with E-state index < -0.39 is 0 Å². The molecule has 0 aliphatic carbocycles. The molecule has 1 fully saturated rings. The van der Waals surface area contributed by atoms with E-state index in [-0.39, 0.29) is 12.5 Å². The summed E-state index contributed by atoms with van der Waals surface area (Å²) in [7, 11) is 0. The average molecular weight is 300 g/mol. The van der Waals surface area contributed by atoms with Crippen molar-refractivity contribution in [3.8, 4) is 0 Å². The molecule has 22 heavy (non-hydrogen) atoms. The Balaban J connectivity index is 1.61. The van der Waals surface area contributed by atoms with Gasteiger partial charge in [0.1, 0.15) is 0 Å². The van der Waals surface area contributed by atoms with Gasteiger partial charge >= 0.3 is 0 Å². The van der Waals surface area contributed by atoms with E-state index in [2.05, 4.69) is 10.1 Å². The Hall–Kier alpha value is -2.21. The van der Waals surface area contributed by atoms with Crippen LogP contribution in [0.2, 0.25) is 0 Å². The first-order valence-electron chi connectivity index (χ1n) is 7.54. The van der Waals surface area contributed by atoms with E-state index in [9.17, 15) is 4.79 Å². The van der Waals surface area contributed by atoms with Crippen LogP contribution in [0.3, 0.4) is 0 Å². The molecule has 3 heterocycles. The highest BCUT2D eigenvalue weighted by Crippen LogP contribution is 2.23. The van der Waals surface area contributed by atoms with Gasteiger partial charge in [0.15, 0.2) is 0 Å². The van der Waals surface area contributed by atoms with Crippen molar-refractivity contribution in [2.45, 2.75) is 32.4 Å². The lowest BCUT2D eigenvalue weighted by molar-refractivity contribution is 0.0689. The van der Waals surface area contributed by atoms with Gasteiger partial charge in [-0.15, -0.1) is 0 Å². The topological polar surface area (TPSA) is 71.2 Å². The number of piperidine rings is 1. The SMILES string of the molecule is Cc1ccn(C2CCN(C(=O)c3ccc(CO)nc3)CC2)n1. The molecule has 116 valence electrons. The van der Waals surface area contributed by atoms with Gasteiger partial charge in [0, 0.05) is 25.5 Å². The number of hydrogen-bond donors (Lipinski definition) is 1. The molecule has 1 N–H and O–H groups in total. The number of hydrogen-bond acceptors (Lipinski definition) is 4. The van der Waals surface area contributed by atoms with Crippen molar-refractivity contribution in [2.75, 3.05) is 13.1 Å². The van der Waals surface area contributed by atoms with Gasteiger partial charge in [0.25, 0.3) is 5.91 Å². The molecule has 2 aromatic rings. The van der Waals surface area contributed by atoms with Crippen LogP contribution in [0.15, 0.2) is 30.6 Å². The third kappa shape index (κ3) is 3.01. The summed E-state index contributed by atoms with van der Waals surface area (Å²) in [6.45, 7) is 3.33. The standard InChI is InChI=1S/C16H20N4O2/c1-12-4-9-20(18-12)15-5-7-19(8-6-15)16(22)13-2-3-14(11-21)17-10-13/h2-4,9-10,15,21H,5-8,11H2,1H3. The molecule has 3 rings (SSSR count). The second-order valence-electron chi connectivity index (χ2n) is 5.66. The molecule has 2 aromatic heterocycles. The molecule has 1 amide bonds. The number of nitrogens with zero attached hydrogens (tertiary/aromatic N) is 4. The maximum atomic E-state index is 12.4. The third-order valence-electron chi connectivity index (χ3n) is 4.10. The summed E-state index contributed by atoms with van der Waals surface area (Å²) in [5, 5.41) is 13.4. The van der Waals surface area contributed by atoms with Crippen molar-refractivity contribution in [1.29, 1.82) is 0 Å². The lowest BCUT2D eigenvalue weighted by Gasteiger charge is -2.32. The molecule has 0 saturated carbocycles. The number of pyridine rings is 1. The Morgan fingerprint density at radius 3 is 2.64 bits per heavy atom. The first-order chi connectivity index (χ1) is 10.7. The van der Waals surface area contributed by atoms with Crippen molar-refractivity contribution >= 4 is 5.91 Å². The predicted octanol–water partition coefficient (Wildman–Crippen LogP) is 1.56. The summed E-state index contributed by atoms with van der Waals surface area (Å²) >= 11 is 0. The van der Waals surface area contributed by atoms with Gasteiger partial charge in [-0.1, -0.05) is 0 Å². The minimum Gasteiger partial charge on any atom is -0.390 e. The second kappa shape index (κ2) is 6.27. The number of aliphatic hydroxyl groups is 1. The largest absolute Gasteiger partial charge is 0.390 e. The zero-order valence-electron chi connectivity index (χ0n) is 12.6. The van der Waals surface area contributed by atoms with Gasteiger partial charge in [0.2, 0.25) is 0 Å². The minimum atomic E-state index is -0.108. The molecule has 1 aliphatic heterocycles. The van der Waals surface area contributed by atoms with Gasteiger partial charge in [-0.25, -0.2) is 0 Å². The maximum absolute atomic E-state index is 12.4. The summed E-state index contributed by atoms with van der Waals surface area (Å²) in [6, 6.07) is 5.79. The molecule has 0 unspecified atom stereocenters. The highest BCUT2D eigenvalue weighted by atomic mass is 16.3. The van der Waals surface area contributed by atoms with Gasteiger partial charge in [-0.2, -0.15) is 5.10 Å². The summed E-state index contributed by atoms with van der Waals surface area (Å²) < 4.78 is 2.01. The molecule has 0 aromatic carbocycles. The second-order valence-corrected chi connectivity index (χ2v) is 5.66. The Kier molecular flexibility index (Phi) is 4.20. The smallest absolute Gasteiger partial charge is 0.255 e. The summed E-state index contributed by atoms with van der Waals surface area (Å²) in [5.41, 5.74) is 2.17. The lowest BCUT2D eigenvalue weighted by atomic mass is 10.0. The molecular weight excluding hydrogens is 280 g/mol. The maximum Gasteiger partial charge on any atom is 0.255 e. The summed E-state index contributed by atoms with van der Waals surface area (Å²) in [5.74, 6) is 0.00656. The first kappa shape index (κ1) is 14.7. The van der Waals surface area contributed by atoms with Crippen LogP contribution in [0, 0.1) is 6.92 Å². The van der Waals surface area contributed by atoms with Crippen molar-refractivity contribution < 1.29 is 9.90 Å². The van der Waals surface area contributed by atoms with Crippen LogP contribution < -0.4 is 0 Å². The Morgan fingerprint density at radius 1 is 1.32 bits per heavy atom. The summed E-state index contributed by atoms with van der Waals surface area (Å²) in [4.78, 5) is 18.4. The average Bonchev–Trinajstić information content (AvgIpc) is 3.01. The van der Waals surface area contributed by atoms with E-state index in [0.717, 1.165) is 31.6 Å². The normalized spacial score (nSPS) is 16.0. The molecule has 0 bridgehead atoms. The monoisotopic (exact) mass is 300 g/mol. The van der Waals surface area contributed by atoms with Gasteiger partial charge < -0.3 is 10.0 Å². The van der Waals surface area contributed by atoms with Crippen LogP contribution >= 0.6 is 0 Å². The van der Waals surface area contributed by atoms with Gasteiger partial charge in [0.05, 0.1) is 29.6 Å². The van der Waals surface area contributed by atoms with E-state index in [1.54, 1.807) is 12.1 Å². The fraction of sp³-hybridized carbons (Fsp3) is 0.438. The zero-order valence-corrected chi connectivity index (χ0v) is 12.6. The number of carbonyl (C=O) groups excluding carboxylic acids is 1. The van der Waals surface area contributed by atoms with E-state index in [1.165, 1.54) is 6.20 Å². The van der Waals surface area contributed by atoms with E-state index in [1.807, 2.05) is 28.8 Å². The highest BCUT2D eigenvalue weighted by Gasteiger charge is 2.25. The molecule has 1 saturated heterocycles. The van der Waals surface area contributed by atoms with Crippen LogP contribution in [-0.4, -0.2) is 43.8 Å². The van der Waals surface area contributed by atoms with Crippen molar-refractivity contribution in [1.82, 2.24) is 19.7 Å². The lowest BCUT2D eigenvalue weighted by Crippen LogP contribution is -2.39. The number of rotatable bonds is 3. The van der Waals surface area contributed by atoms with Crippen molar-refractivity contribution in [3.63, 3.8) is 0 Å². The van der Waals surface area contributed by atoms with E-state index in [0.29, 0.717) is 17.3 Å². The van der Waals surface area contributed by atoms with Crippen LogP contribution in [0.25, 0.3) is 0 Å². The fourth-order valence-electron chi connectivity index (χ4n) is 2.80. The third-order valence-corrected chi connectivity index (χ3v) is 4.10. The Labute approximate surface area is 129 Å². The summed E-state index contributed by atoms with van der Waals surface area (Å²) in [6.07, 6.45) is 5.37. The molecule has 6 heteroatoms. The number of aryl methyl sites for hydroxylation is 1. The first-order valence-corrected chi connectivity index (χ1v) is 7.54. The zero-order chi connectivity index (χ0) is 15.5. The number of likely N-dealkylation sites (tertiary alicyclic amines) is 1. The van der Waals surface area contributed by atoms with E-state index >= 15 is 0 Å². The molecule has 1 aliphatic rings. The van der Waals surface area contributed by atoms with Crippen molar-refractivity contribution in [2.24, 2.45) is 0 Å².